The van der Waals surface area contributed by atoms with Gasteiger partial charge in [-0.1, -0.05) is 366 Å². The molecule has 0 bridgehead atoms. The average molecular weight is 1920 g/mol. The van der Waals surface area contributed by atoms with E-state index >= 15 is 0 Å². The summed E-state index contributed by atoms with van der Waals surface area (Å²) in [5.74, 6) is 0. The number of thiophene rings is 1. The van der Waals surface area contributed by atoms with Gasteiger partial charge in [0.1, 0.15) is 22.3 Å². The highest BCUT2D eigenvalue weighted by Crippen LogP contribution is 2.57. The number of fused-ring (bicyclic) bond motifs is 37. The van der Waals surface area contributed by atoms with Crippen LogP contribution in [0, 0.1) is 0 Å². The van der Waals surface area contributed by atoms with Crippen LogP contribution in [0.5, 0.6) is 0 Å². The zero-order valence-corrected chi connectivity index (χ0v) is 82.4. The number of furan rings is 2. The van der Waals surface area contributed by atoms with E-state index in [4.69, 9.17) is 8.83 Å². The van der Waals surface area contributed by atoms with Crippen LogP contribution >= 0.6 is 11.3 Å². The van der Waals surface area contributed by atoms with Crippen molar-refractivity contribution >= 4 is 267 Å². The summed E-state index contributed by atoms with van der Waals surface area (Å²) in [6.45, 7) is 4.79. The van der Waals surface area contributed by atoms with Gasteiger partial charge < -0.3 is 32.7 Å². The standard InChI is InChI=1S/C51H36N2.C48H30N2S.C42H25NO2/c1-51(2)44-21-11-9-18-40(44)42-30-28-34-25-24-33-26-27-35-32-38(29-31-39(35)47(33)48(34)49(42)51)52(36-14-5-3-6-15-36)46-23-13-20-43-41-19-10-12-22-45(41)53(50(43)46)37-16-7-4-8-17-37;1-3-12-34(13-4-1)49(42-20-11-18-39-38-16-7-9-19-41(38)50(48(39)42)35-14-5-2-6-15-35)36-27-28-37-33(30-36)25-24-31-22-23-32-26-29-44-47(46(32)45(31)37)40-17-8-10-21-43(40)51-44;1-2-11-27(12-3-1)43(35-17-10-20-38-41(35)33-16-7-8-18-36(33)44-38)28-22-24-29-26(25-28)21-23-34-39(29)30-13-4-5-14-31(30)40-32-15-6-9-19-37(32)45-42(34)40/h3-32H,1-2H3;1-30H;1-25H. The molecule has 26 aromatic carbocycles. The molecule has 0 unspecified atom stereocenters. The number of aromatic nitrogens is 2. The van der Waals surface area contributed by atoms with Crippen molar-refractivity contribution in [2.75, 3.05) is 14.7 Å². The fourth-order valence-electron chi connectivity index (χ4n) is 25.0. The SMILES string of the molecule is CC1(C)c2ccccc2-c2ccc3ccc4ccc5cc(N(c6ccccc6)c6cccc7c8ccccc8n(-c8ccccc8)c67)ccc5c4c3c21.c1ccc(N(c2ccc3c(ccc4c5oc6ccccc6c5c5ccccc5c34)c2)c2cccc3oc4ccccc4c23)cc1.c1ccc(N(c2ccc3c(ccc4ccc5ccc6sc7ccccc7c6c5c43)c2)c2cccc3c4ccccc4n(-c4ccccc4)c23)cc1. The Morgan fingerprint density at radius 2 is 0.584 bits per heavy atom. The molecule has 0 aliphatic heterocycles. The highest BCUT2D eigenvalue weighted by atomic mass is 32.1. The van der Waals surface area contributed by atoms with Crippen LogP contribution in [0.3, 0.4) is 0 Å². The van der Waals surface area contributed by atoms with Gasteiger partial charge in [-0.15, -0.1) is 11.3 Å². The Balaban J connectivity index is 0.000000103. The molecule has 0 saturated heterocycles. The van der Waals surface area contributed by atoms with E-state index in [9.17, 15) is 0 Å². The van der Waals surface area contributed by atoms with Gasteiger partial charge in [0.15, 0.2) is 0 Å². The van der Waals surface area contributed by atoms with Crippen LogP contribution in [0.15, 0.2) is 524 Å². The topological polar surface area (TPSA) is 45.9 Å². The lowest BCUT2D eigenvalue weighted by molar-refractivity contribution is 0.666. The molecule has 698 valence electrons. The van der Waals surface area contributed by atoms with Gasteiger partial charge in [0.2, 0.25) is 0 Å². The molecule has 0 N–H and O–H groups in total. The van der Waals surface area contributed by atoms with E-state index < -0.39 is 0 Å². The Kier molecular flexibility index (Phi) is 19.5. The first-order valence-electron chi connectivity index (χ1n) is 51.2. The van der Waals surface area contributed by atoms with Crippen LogP contribution in [-0.2, 0) is 5.41 Å². The lowest BCUT2D eigenvalue weighted by Gasteiger charge is -2.27. The van der Waals surface area contributed by atoms with Gasteiger partial charge in [-0.25, -0.2) is 0 Å². The summed E-state index contributed by atoms with van der Waals surface area (Å²) in [5.41, 5.74) is 26.1. The van der Waals surface area contributed by atoms with E-state index in [0.29, 0.717) is 0 Å². The van der Waals surface area contributed by atoms with Gasteiger partial charge >= 0.3 is 0 Å². The normalized spacial score (nSPS) is 12.4. The van der Waals surface area contributed by atoms with Gasteiger partial charge in [-0.3, -0.25) is 0 Å². The summed E-state index contributed by atoms with van der Waals surface area (Å²) in [6.07, 6.45) is 0. The number of anilines is 9. The van der Waals surface area contributed by atoms with Crippen LogP contribution in [0.2, 0.25) is 0 Å². The molecular formula is C141H91N5O2S. The van der Waals surface area contributed by atoms with Crippen LogP contribution in [0.4, 0.5) is 51.2 Å². The van der Waals surface area contributed by atoms with Crippen LogP contribution in [0.1, 0.15) is 25.0 Å². The molecule has 32 rings (SSSR count). The van der Waals surface area contributed by atoms with E-state index in [1.807, 2.05) is 29.5 Å². The van der Waals surface area contributed by atoms with Crippen molar-refractivity contribution in [2.24, 2.45) is 0 Å². The van der Waals surface area contributed by atoms with Gasteiger partial charge in [0, 0.05) is 120 Å². The van der Waals surface area contributed by atoms with Crippen LogP contribution < -0.4 is 14.7 Å². The quantitative estimate of drug-likeness (QED) is 0.121. The Morgan fingerprint density at radius 1 is 0.208 bits per heavy atom. The molecule has 7 nitrogen and oxygen atoms in total. The molecule has 31 aromatic rings. The Morgan fingerprint density at radius 3 is 1.14 bits per heavy atom. The fourth-order valence-corrected chi connectivity index (χ4v) is 26.2. The lowest BCUT2D eigenvalue weighted by atomic mass is 9.79. The maximum Gasteiger partial charge on any atom is 0.143 e. The Bertz CT molecular complexity index is 11000. The number of rotatable bonds is 11. The second kappa shape index (κ2) is 34.0. The molecule has 0 radical (unpaired) electrons. The molecule has 1 aliphatic rings. The summed E-state index contributed by atoms with van der Waals surface area (Å²) in [6, 6.07) is 187. The zero-order chi connectivity index (χ0) is 98.2. The van der Waals surface area contributed by atoms with Crippen molar-refractivity contribution in [1.29, 1.82) is 0 Å². The summed E-state index contributed by atoms with van der Waals surface area (Å²) in [5, 5.41) is 34.9. The highest BCUT2D eigenvalue weighted by Gasteiger charge is 2.38. The molecule has 149 heavy (non-hydrogen) atoms. The van der Waals surface area contributed by atoms with Crippen molar-refractivity contribution in [3.8, 4) is 22.5 Å². The fraction of sp³-hybridized carbons (Fsp3) is 0.0213. The largest absolute Gasteiger partial charge is 0.456 e. The lowest BCUT2D eigenvalue weighted by Crippen LogP contribution is -2.15. The van der Waals surface area contributed by atoms with E-state index in [-0.39, 0.29) is 5.41 Å². The maximum atomic E-state index is 6.55. The third-order valence-corrected chi connectivity index (χ3v) is 32.5. The van der Waals surface area contributed by atoms with Gasteiger partial charge in [-0.05, 0) is 272 Å². The number of nitrogens with zero attached hydrogens (tertiary/aromatic N) is 5. The van der Waals surface area contributed by atoms with Gasteiger partial charge in [0.25, 0.3) is 0 Å². The van der Waals surface area contributed by atoms with Gasteiger partial charge in [0.05, 0.1) is 44.5 Å². The summed E-state index contributed by atoms with van der Waals surface area (Å²) in [4.78, 5) is 7.21. The molecule has 5 aromatic heterocycles. The molecular weight excluding hydrogens is 1830 g/mol. The zero-order valence-electron chi connectivity index (χ0n) is 81.5. The smallest absolute Gasteiger partial charge is 0.143 e. The molecule has 1 aliphatic carbocycles. The third-order valence-electron chi connectivity index (χ3n) is 31.4. The monoisotopic (exact) mass is 1920 g/mol. The van der Waals surface area contributed by atoms with E-state index in [2.05, 4.69) is 535 Å². The molecule has 0 spiro atoms. The van der Waals surface area contributed by atoms with Crippen molar-refractivity contribution < 1.29 is 8.83 Å². The number of hydrogen-bond donors (Lipinski definition) is 0. The summed E-state index contributed by atoms with van der Waals surface area (Å²) < 4.78 is 20.4. The first-order chi connectivity index (χ1) is 73.7. The molecule has 8 heteroatoms. The maximum absolute atomic E-state index is 6.55. The first kappa shape index (κ1) is 85.5. The van der Waals surface area contributed by atoms with Crippen LogP contribution in [0.25, 0.3) is 227 Å². The average Bonchev–Trinajstić information content (AvgIpc) is 1.22. The molecule has 5 heterocycles. The molecule has 0 atom stereocenters. The summed E-state index contributed by atoms with van der Waals surface area (Å²) in [7, 11) is 0. The highest BCUT2D eigenvalue weighted by molar-refractivity contribution is 7.26. The number of benzene rings is 26. The van der Waals surface area contributed by atoms with E-state index in [1.165, 1.54) is 183 Å². The molecule has 0 fully saturated rings. The van der Waals surface area contributed by atoms with E-state index in [1.54, 1.807) is 0 Å². The first-order valence-corrected chi connectivity index (χ1v) is 52.1. The minimum atomic E-state index is -0.109. The van der Waals surface area contributed by atoms with Crippen molar-refractivity contribution in [2.45, 2.75) is 19.3 Å². The minimum Gasteiger partial charge on any atom is -0.456 e. The predicted octanol–water partition coefficient (Wildman–Crippen LogP) is 40.5. The Hall–Kier alpha value is -19.1. The van der Waals surface area contributed by atoms with E-state index in [0.717, 1.165) is 106 Å². The van der Waals surface area contributed by atoms with Crippen molar-refractivity contribution in [3.63, 3.8) is 0 Å². The predicted molar refractivity (Wildman–Crippen MR) is 635 cm³/mol. The third kappa shape index (κ3) is 13.4. The summed E-state index contributed by atoms with van der Waals surface area (Å²) >= 11 is 1.89. The number of para-hydroxylation sites is 11. The molecule has 0 saturated carbocycles. The van der Waals surface area contributed by atoms with Crippen molar-refractivity contribution in [1.82, 2.24) is 9.13 Å². The Labute approximate surface area is 861 Å². The second-order valence-corrected chi connectivity index (χ2v) is 41.0. The van der Waals surface area contributed by atoms with Gasteiger partial charge in [-0.2, -0.15) is 0 Å². The second-order valence-electron chi connectivity index (χ2n) is 39.9. The van der Waals surface area contributed by atoms with Crippen molar-refractivity contribution in [3.05, 3.63) is 527 Å². The number of hydrogen-bond acceptors (Lipinski definition) is 6. The van der Waals surface area contributed by atoms with Crippen LogP contribution in [-0.4, -0.2) is 9.13 Å². The minimum absolute atomic E-state index is 0.109. The molecule has 0 amide bonds.